The second kappa shape index (κ2) is 7.95. The van der Waals surface area contributed by atoms with Gasteiger partial charge in [0.1, 0.15) is 5.82 Å². The molecule has 0 radical (unpaired) electrons. The molecule has 0 aliphatic carbocycles. The Morgan fingerprint density at radius 2 is 1.96 bits per heavy atom. The van der Waals surface area contributed by atoms with E-state index in [0.717, 1.165) is 25.2 Å². The molecule has 1 heterocycles. The molecule has 1 saturated heterocycles. The molecule has 1 aliphatic rings. The zero-order chi connectivity index (χ0) is 19.6. The van der Waals surface area contributed by atoms with Crippen LogP contribution in [0.5, 0.6) is 0 Å². The zero-order valence-electron chi connectivity index (χ0n) is 14.4. The number of anilines is 1. The van der Waals surface area contributed by atoms with Crippen molar-refractivity contribution >= 4 is 37.5 Å². The normalized spacial score (nSPS) is 17.1. The van der Waals surface area contributed by atoms with Crippen LogP contribution in [-0.4, -0.2) is 34.0 Å². The zero-order valence-corrected chi connectivity index (χ0v) is 16.8. The molecule has 144 valence electrons. The minimum atomic E-state index is -3.88. The van der Waals surface area contributed by atoms with Crippen LogP contribution in [0.4, 0.5) is 10.1 Å². The number of primary sulfonamides is 1. The fourth-order valence-corrected chi connectivity index (χ4v) is 4.04. The van der Waals surface area contributed by atoms with E-state index in [9.17, 15) is 17.6 Å². The van der Waals surface area contributed by atoms with Gasteiger partial charge in [0.15, 0.2) is 0 Å². The summed E-state index contributed by atoms with van der Waals surface area (Å²) >= 11 is 3.26. The topological polar surface area (TPSA) is 92.5 Å². The molecule has 0 spiro atoms. The Labute approximate surface area is 165 Å². The van der Waals surface area contributed by atoms with Crippen LogP contribution in [0.1, 0.15) is 16.8 Å². The molecule has 1 fully saturated rings. The molecule has 1 unspecified atom stereocenters. The van der Waals surface area contributed by atoms with E-state index in [1.165, 1.54) is 30.3 Å². The van der Waals surface area contributed by atoms with Gasteiger partial charge in [0.25, 0.3) is 5.91 Å². The maximum Gasteiger partial charge on any atom is 0.252 e. The molecule has 1 atom stereocenters. The molecule has 6 nitrogen and oxygen atoms in total. The first-order valence-corrected chi connectivity index (χ1v) is 10.7. The van der Waals surface area contributed by atoms with Gasteiger partial charge < -0.3 is 10.2 Å². The van der Waals surface area contributed by atoms with Gasteiger partial charge in [-0.1, -0.05) is 0 Å². The van der Waals surface area contributed by atoms with Crippen molar-refractivity contribution in [2.75, 3.05) is 24.5 Å². The van der Waals surface area contributed by atoms with E-state index >= 15 is 0 Å². The summed E-state index contributed by atoms with van der Waals surface area (Å²) < 4.78 is 36.5. The number of hydrogen-bond donors (Lipinski definition) is 2. The summed E-state index contributed by atoms with van der Waals surface area (Å²) in [5, 5.41) is 7.98. The summed E-state index contributed by atoms with van der Waals surface area (Å²) in [7, 11) is -3.88. The highest BCUT2D eigenvalue weighted by atomic mass is 79.9. The van der Waals surface area contributed by atoms with Crippen LogP contribution < -0.4 is 15.4 Å². The van der Waals surface area contributed by atoms with Crippen LogP contribution >= 0.6 is 15.9 Å². The Morgan fingerprint density at radius 1 is 1.26 bits per heavy atom. The van der Waals surface area contributed by atoms with Gasteiger partial charge in [-0.15, -0.1) is 0 Å². The van der Waals surface area contributed by atoms with E-state index < -0.39 is 10.0 Å². The summed E-state index contributed by atoms with van der Waals surface area (Å²) in [6, 6.07) is 10.4. The first-order valence-electron chi connectivity index (χ1n) is 8.35. The van der Waals surface area contributed by atoms with Crippen LogP contribution in [0.15, 0.2) is 51.8 Å². The molecule has 1 aliphatic heterocycles. The van der Waals surface area contributed by atoms with Crippen molar-refractivity contribution in [3.05, 3.63) is 58.3 Å². The van der Waals surface area contributed by atoms with Gasteiger partial charge in [0, 0.05) is 29.8 Å². The van der Waals surface area contributed by atoms with E-state index in [0.29, 0.717) is 11.0 Å². The maximum atomic E-state index is 13.0. The average Bonchev–Trinajstić information content (AvgIpc) is 3.08. The Kier molecular flexibility index (Phi) is 5.83. The Hall–Kier alpha value is -1.97. The fourth-order valence-electron chi connectivity index (χ4n) is 3.07. The first-order chi connectivity index (χ1) is 12.7. The van der Waals surface area contributed by atoms with Crippen molar-refractivity contribution in [1.29, 1.82) is 0 Å². The number of sulfonamides is 1. The Bertz CT molecular complexity index is 951. The highest BCUT2D eigenvalue weighted by Gasteiger charge is 2.24. The van der Waals surface area contributed by atoms with Crippen molar-refractivity contribution in [1.82, 2.24) is 5.32 Å². The molecule has 0 aromatic heterocycles. The lowest BCUT2D eigenvalue weighted by Gasteiger charge is -2.19. The van der Waals surface area contributed by atoms with Gasteiger partial charge in [-0.25, -0.2) is 17.9 Å². The summed E-state index contributed by atoms with van der Waals surface area (Å²) in [5.41, 5.74) is 1.17. The number of nitrogens with one attached hydrogen (secondary N) is 1. The third-order valence-corrected chi connectivity index (χ3v) is 6.14. The smallest absolute Gasteiger partial charge is 0.252 e. The summed E-state index contributed by atoms with van der Waals surface area (Å²) in [6.07, 6.45) is 0.899. The monoisotopic (exact) mass is 455 g/mol. The quantitative estimate of drug-likeness (QED) is 0.723. The predicted octanol–water partition coefficient (Wildman–Crippen LogP) is 2.49. The second-order valence-electron chi connectivity index (χ2n) is 6.47. The van der Waals surface area contributed by atoms with Crippen LogP contribution in [0.25, 0.3) is 0 Å². The lowest BCUT2D eigenvalue weighted by Crippen LogP contribution is -2.31. The van der Waals surface area contributed by atoms with Crippen molar-refractivity contribution in [3.8, 4) is 0 Å². The molecule has 0 saturated carbocycles. The van der Waals surface area contributed by atoms with E-state index in [1.807, 2.05) is 0 Å². The largest absolute Gasteiger partial charge is 0.371 e. The number of nitrogens with zero attached hydrogens (tertiary/aromatic N) is 1. The van der Waals surface area contributed by atoms with Gasteiger partial charge in [0.2, 0.25) is 10.0 Å². The molecule has 3 rings (SSSR count). The van der Waals surface area contributed by atoms with Gasteiger partial charge >= 0.3 is 0 Å². The minimum absolute atomic E-state index is 0.112. The standard InChI is InChI=1S/C18H19BrFN3O3S/c19-17-6-5-15(27(21,25)26)9-16(17)18(24)22-10-12-7-8-23(11-12)14-3-1-13(20)2-4-14/h1-6,9,12H,7-8,10-11H2,(H,22,24)(H2,21,25,26). The predicted molar refractivity (Wildman–Crippen MR) is 105 cm³/mol. The van der Waals surface area contributed by atoms with Gasteiger partial charge in [-0.3, -0.25) is 4.79 Å². The van der Waals surface area contributed by atoms with Crippen LogP contribution in [0, 0.1) is 11.7 Å². The lowest BCUT2D eigenvalue weighted by molar-refractivity contribution is 0.0947. The number of rotatable bonds is 5. The SMILES string of the molecule is NS(=O)(=O)c1ccc(Br)c(C(=O)NCC2CCN(c3ccc(F)cc3)C2)c1. The van der Waals surface area contributed by atoms with Crippen molar-refractivity contribution in [2.24, 2.45) is 11.1 Å². The number of nitrogens with two attached hydrogens (primary N) is 1. The molecular weight excluding hydrogens is 437 g/mol. The van der Waals surface area contributed by atoms with E-state index in [-0.39, 0.29) is 28.1 Å². The Balaban J connectivity index is 1.61. The van der Waals surface area contributed by atoms with Crippen LogP contribution in [-0.2, 0) is 10.0 Å². The third kappa shape index (κ3) is 4.85. The third-order valence-electron chi connectivity index (χ3n) is 4.54. The van der Waals surface area contributed by atoms with Crippen molar-refractivity contribution in [2.45, 2.75) is 11.3 Å². The molecule has 1 amide bonds. The molecule has 3 N–H and O–H groups in total. The number of carbonyl (C=O) groups excluding carboxylic acids is 1. The highest BCUT2D eigenvalue weighted by Crippen LogP contribution is 2.24. The molecule has 9 heteroatoms. The van der Waals surface area contributed by atoms with Crippen LogP contribution in [0.3, 0.4) is 0 Å². The number of benzene rings is 2. The molecular formula is C18H19BrFN3O3S. The van der Waals surface area contributed by atoms with E-state index in [2.05, 4.69) is 26.1 Å². The number of carbonyl (C=O) groups is 1. The van der Waals surface area contributed by atoms with Gasteiger partial charge in [-0.2, -0.15) is 0 Å². The highest BCUT2D eigenvalue weighted by molar-refractivity contribution is 9.10. The molecule has 0 bridgehead atoms. The summed E-state index contributed by atoms with van der Waals surface area (Å²) in [6.45, 7) is 2.05. The molecule has 2 aromatic rings. The lowest BCUT2D eigenvalue weighted by atomic mass is 10.1. The molecule has 27 heavy (non-hydrogen) atoms. The Morgan fingerprint density at radius 3 is 2.63 bits per heavy atom. The average molecular weight is 456 g/mol. The van der Waals surface area contributed by atoms with E-state index in [4.69, 9.17) is 5.14 Å². The first kappa shape index (κ1) is 19.8. The number of halogens is 2. The van der Waals surface area contributed by atoms with Crippen molar-refractivity contribution < 1.29 is 17.6 Å². The number of amides is 1. The fraction of sp³-hybridized carbons (Fsp3) is 0.278. The maximum absolute atomic E-state index is 13.0. The van der Waals surface area contributed by atoms with E-state index in [1.54, 1.807) is 12.1 Å². The minimum Gasteiger partial charge on any atom is -0.371 e. The van der Waals surface area contributed by atoms with Crippen LogP contribution in [0.2, 0.25) is 0 Å². The second-order valence-corrected chi connectivity index (χ2v) is 8.89. The van der Waals surface area contributed by atoms with Crippen molar-refractivity contribution in [3.63, 3.8) is 0 Å². The van der Waals surface area contributed by atoms with Gasteiger partial charge in [0.05, 0.1) is 10.5 Å². The summed E-state index contributed by atoms with van der Waals surface area (Å²) in [5.74, 6) is -0.388. The number of hydrogen-bond acceptors (Lipinski definition) is 4. The summed E-state index contributed by atoms with van der Waals surface area (Å²) in [4.78, 5) is 14.5. The molecule has 2 aromatic carbocycles. The van der Waals surface area contributed by atoms with Gasteiger partial charge in [-0.05, 0) is 70.7 Å².